The van der Waals surface area contributed by atoms with Crippen LogP contribution in [-0.2, 0) is 0 Å². The molecule has 1 saturated heterocycles. The van der Waals surface area contributed by atoms with Crippen molar-refractivity contribution in [3.63, 3.8) is 0 Å². The number of halogens is 3. The minimum absolute atomic E-state index is 0.0413. The van der Waals surface area contributed by atoms with Gasteiger partial charge in [0, 0.05) is 17.5 Å². The molecular formula is C17H16ClF2N. The van der Waals surface area contributed by atoms with Crippen LogP contribution >= 0.6 is 11.6 Å². The van der Waals surface area contributed by atoms with Crippen LogP contribution in [0.4, 0.5) is 8.78 Å². The predicted octanol–water partition coefficient (Wildman–Crippen LogP) is 4.48. The summed E-state index contributed by atoms with van der Waals surface area (Å²) in [7, 11) is 0. The van der Waals surface area contributed by atoms with E-state index in [0.29, 0.717) is 10.6 Å². The van der Waals surface area contributed by atoms with E-state index in [1.54, 1.807) is 12.1 Å². The largest absolute Gasteiger partial charge is 0.316 e. The molecule has 1 fully saturated rings. The highest BCUT2D eigenvalue weighted by Crippen LogP contribution is 2.39. The molecule has 0 amide bonds. The van der Waals surface area contributed by atoms with E-state index in [2.05, 4.69) is 5.32 Å². The van der Waals surface area contributed by atoms with E-state index in [0.717, 1.165) is 31.1 Å². The Morgan fingerprint density at radius 1 is 1.05 bits per heavy atom. The number of nitrogens with one attached hydrogen (secondary N) is 1. The second-order valence-electron chi connectivity index (χ2n) is 5.40. The maximum absolute atomic E-state index is 14.1. The molecular weight excluding hydrogens is 292 g/mol. The van der Waals surface area contributed by atoms with Crippen LogP contribution in [-0.4, -0.2) is 13.1 Å². The predicted molar refractivity (Wildman–Crippen MR) is 80.8 cm³/mol. The summed E-state index contributed by atoms with van der Waals surface area (Å²) in [6.07, 6.45) is 0.775. The molecule has 2 atom stereocenters. The number of rotatable bonds is 2. The van der Waals surface area contributed by atoms with Crippen molar-refractivity contribution in [1.29, 1.82) is 0 Å². The fourth-order valence-corrected chi connectivity index (χ4v) is 3.32. The molecule has 1 aliphatic rings. The Labute approximate surface area is 127 Å². The van der Waals surface area contributed by atoms with Gasteiger partial charge in [-0.15, -0.1) is 0 Å². The van der Waals surface area contributed by atoms with Crippen molar-refractivity contribution < 1.29 is 8.78 Å². The van der Waals surface area contributed by atoms with Gasteiger partial charge in [-0.1, -0.05) is 35.9 Å². The molecule has 0 aliphatic carbocycles. The number of hydrogen-bond donors (Lipinski definition) is 1. The van der Waals surface area contributed by atoms with Crippen molar-refractivity contribution in [2.45, 2.75) is 18.3 Å². The summed E-state index contributed by atoms with van der Waals surface area (Å²) in [5.74, 6) is -1.46. The molecule has 2 unspecified atom stereocenters. The maximum atomic E-state index is 14.1. The molecule has 4 heteroatoms. The van der Waals surface area contributed by atoms with Gasteiger partial charge in [0.05, 0.1) is 0 Å². The summed E-state index contributed by atoms with van der Waals surface area (Å²) in [4.78, 5) is 0. The van der Waals surface area contributed by atoms with Crippen LogP contribution in [0.3, 0.4) is 0 Å². The first-order valence-electron chi connectivity index (χ1n) is 7.07. The first kappa shape index (κ1) is 14.5. The zero-order chi connectivity index (χ0) is 14.8. The van der Waals surface area contributed by atoms with Gasteiger partial charge in [0.1, 0.15) is 0 Å². The molecule has 3 rings (SSSR count). The summed E-state index contributed by atoms with van der Waals surface area (Å²) < 4.78 is 27.6. The molecule has 0 saturated carbocycles. The fourth-order valence-electron chi connectivity index (χ4n) is 3.13. The van der Waals surface area contributed by atoms with Gasteiger partial charge in [-0.25, -0.2) is 8.78 Å². The van der Waals surface area contributed by atoms with Gasteiger partial charge in [0.25, 0.3) is 0 Å². The molecule has 2 aromatic carbocycles. The quantitative estimate of drug-likeness (QED) is 0.862. The molecule has 0 spiro atoms. The molecule has 0 bridgehead atoms. The van der Waals surface area contributed by atoms with Gasteiger partial charge < -0.3 is 5.32 Å². The van der Waals surface area contributed by atoms with E-state index in [1.165, 1.54) is 0 Å². The maximum Gasteiger partial charge on any atom is 0.162 e. The van der Waals surface area contributed by atoms with Gasteiger partial charge in [0.2, 0.25) is 0 Å². The van der Waals surface area contributed by atoms with Crippen molar-refractivity contribution in [2.24, 2.45) is 0 Å². The topological polar surface area (TPSA) is 12.0 Å². The first-order valence-corrected chi connectivity index (χ1v) is 7.44. The highest BCUT2D eigenvalue weighted by Gasteiger charge is 2.30. The molecule has 0 radical (unpaired) electrons. The number of hydrogen-bond acceptors (Lipinski definition) is 1. The van der Waals surface area contributed by atoms with Crippen LogP contribution in [0.25, 0.3) is 0 Å². The van der Waals surface area contributed by atoms with Crippen LogP contribution in [0.5, 0.6) is 0 Å². The van der Waals surface area contributed by atoms with Crippen molar-refractivity contribution in [3.8, 4) is 0 Å². The lowest BCUT2D eigenvalue weighted by Gasteiger charge is -2.33. The lowest BCUT2D eigenvalue weighted by atomic mass is 9.77. The molecule has 1 nitrogen and oxygen atoms in total. The Bertz CT molecular complexity index is 644. The van der Waals surface area contributed by atoms with Crippen LogP contribution in [0, 0.1) is 11.6 Å². The van der Waals surface area contributed by atoms with Crippen molar-refractivity contribution in [1.82, 2.24) is 5.32 Å². The monoisotopic (exact) mass is 307 g/mol. The van der Waals surface area contributed by atoms with Gasteiger partial charge in [-0.05, 0) is 48.2 Å². The molecule has 110 valence electrons. The standard InChI is InChI=1S/C17H16ClF2N/c18-12-4-1-3-11(9-12)15-10-21-8-7-13(15)14-5-2-6-16(19)17(14)20/h1-6,9,13,15,21H,7-8,10H2. The van der Waals surface area contributed by atoms with E-state index in [4.69, 9.17) is 11.6 Å². The normalized spacial score (nSPS) is 22.2. The Hall–Kier alpha value is -1.45. The number of piperidine rings is 1. The first-order chi connectivity index (χ1) is 10.2. The fraction of sp³-hybridized carbons (Fsp3) is 0.294. The van der Waals surface area contributed by atoms with E-state index in [-0.39, 0.29) is 11.8 Å². The van der Waals surface area contributed by atoms with Gasteiger partial charge >= 0.3 is 0 Å². The lowest BCUT2D eigenvalue weighted by molar-refractivity contribution is 0.386. The van der Waals surface area contributed by atoms with Crippen molar-refractivity contribution in [3.05, 3.63) is 70.2 Å². The third-order valence-electron chi connectivity index (χ3n) is 4.14. The summed E-state index contributed by atoms with van der Waals surface area (Å²) in [5, 5.41) is 3.99. The molecule has 1 N–H and O–H groups in total. The van der Waals surface area contributed by atoms with E-state index >= 15 is 0 Å². The van der Waals surface area contributed by atoms with Gasteiger partial charge in [0.15, 0.2) is 11.6 Å². The lowest BCUT2D eigenvalue weighted by Crippen LogP contribution is -2.34. The minimum atomic E-state index is -0.782. The van der Waals surface area contributed by atoms with E-state index < -0.39 is 11.6 Å². The van der Waals surface area contributed by atoms with Crippen LogP contribution in [0.15, 0.2) is 42.5 Å². The Kier molecular flexibility index (Phi) is 4.22. The average Bonchev–Trinajstić information content (AvgIpc) is 2.50. The van der Waals surface area contributed by atoms with E-state index in [1.807, 2.05) is 24.3 Å². The highest BCUT2D eigenvalue weighted by molar-refractivity contribution is 6.30. The third kappa shape index (κ3) is 2.94. The molecule has 21 heavy (non-hydrogen) atoms. The van der Waals surface area contributed by atoms with Crippen LogP contribution in [0.1, 0.15) is 29.4 Å². The Morgan fingerprint density at radius 3 is 2.67 bits per heavy atom. The summed E-state index contributed by atoms with van der Waals surface area (Å²) >= 11 is 6.06. The minimum Gasteiger partial charge on any atom is -0.316 e. The Balaban J connectivity index is 2.00. The zero-order valence-corrected chi connectivity index (χ0v) is 12.2. The summed E-state index contributed by atoms with van der Waals surface area (Å²) in [5.41, 5.74) is 1.52. The third-order valence-corrected chi connectivity index (χ3v) is 4.37. The molecule has 2 aromatic rings. The summed E-state index contributed by atoms with van der Waals surface area (Å²) in [6, 6.07) is 12.0. The molecule has 1 heterocycles. The zero-order valence-electron chi connectivity index (χ0n) is 11.5. The van der Waals surface area contributed by atoms with Crippen molar-refractivity contribution >= 4 is 11.6 Å². The van der Waals surface area contributed by atoms with Crippen LogP contribution < -0.4 is 5.32 Å². The van der Waals surface area contributed by atoms with Gasteiger partial charge in [-0.3, -0.25) is 0 Å². The summed E-state index contributed by atoms with van der Waals surface area (Å²) in [6.45, 7) is 1.54. The van der Waals surface area contributed by atoms with E-state index in [9.17, 15) is 8.78 Å². The SMILES string of the molecule is Fc1cccc(C2CCNCC2c2cccc(Cl)c2)c1F. The smallest absolute Gasteiger partial charge is 0.162 e. The second-order valence-corrected chi connectivity index (χ2v) is 5.84. The van der Waals surface area contributed by atoms with Crippen LogP contribution in [0.2, 0.25) is 5.02 Å². The number of benzene rings is 2. The van der Waals surface area contributed by atoms with Gasteiger partial charge in [-0.2, -0.15) is 0 Å². The average molecular weight is 308 g/mol. The highest BCUT2D eigenvalue weighted by atomic mass is 35.5. The Morgan fingerprint density at radius 2 is 1.86 bits per heavy atom. The van der Waals surface area contributed by atoms with Crippen molar-refractivity contribution in [2.75, 3.05) is 13.1 Å². The molecule has 1 aliphatic heterocycles. The second kappa shape index (κ2) is 6.12. The molecule has 0 aromatic heterocycles.